The lowest BCUT2D eigenvalue weighted by Crippen LogP contribution is -2.46. The summed E-state index contributed by atoms with van der Waals surface area (Å²) in [4.78, 5) is 22.0. The van der Waals surface area contributed by atoms with E-state index in [4.69, 9.17) is 5.73 Å². The molecule has 7 heteroatoms. The molecule has 0 aromatic rings. The first-order chi connectivity index (χ1) is 7.96. The zero-order valence-electron chi connectivity index (χ0n) is 9.83. The van der Waals surface area contributed by atoms with Crippen LogP contribution < -0.4 is 5.73 Å². The molecule has 1 aliphatic heterocycles. The number of halogens is 2. The Balaban J connectivity index is 0.000000770. The molecule has 0 radical (unpaired) electrons. The average Bonchev–Trinajstić information content (AvgIpc) is 2.25. The van der Waals surface area contributed by atoms with Gasteiger partial charge in [-0.15, -0.1) is 0 Å². The van der Waals surface area contributed by atoms with Crippen LogP contribution in [0.2, 0.25) is 0 Å². The zero-order valence-corrected chi connectivity index (χ0v) is 9.83. The third-order valence-corrected chi connectivity index (χ3v) is 2.02. The Morgan fingerprint density at radius 3 is 2.65 bits per heavy atom. The number of carbonyl (C=O) groups is 2. The van der Waals surface area contributed by atoms with E-state index < -0.39 is 25.0 Å². The summed E-state index contributed by atoms with van der Waals surface area (Å²) < 4.78 is 29.9. The quantitative estimate of drug-likeness (QED) is 0.737. The van der Waals surface area contributed by atoms with Crippen LogP contribution in [-0.4, -0.2) is 49.4 Å². The topological polar surface area (TPSA) is 72.6 Å². The second-order valence-corrected chi connectivity index (χ2v) is 3.59. The van der Waals surface area contributed by atoms with Crippen LogP contribution in [0.1, 0.15) is 19.8 Å². The Bertz CT molecular complexity index is 250. The lowest BCUT2D eigenvalue weighted by atomic mass is 10.1. The van der Waals surface area contributed by atoms with Gasteiger partial charge < -0.3 is 15.4 Å². The van der Waals surface area contributed by atoms with E-state index in [0.717, 1.165) is 11.4 Å². The number of likely N-dealkylation sites (tertiary alicyclic amines) is 1. The molecule has 0 aliphatic carbocycles. The number of carbonyl (C=O) groups excluding carboxylic acids is 2. The van der Waals surface area contributed by atoms with Crippen molar-refractivity contribution >= 4 is 12.4 Å². The summed E-state index contributed by atoms with van der Waals surface area (Å²) in [6.45, 7) is 2.05. The number of ether oxygens (including phenoxy) is 1. The van der Waals surface area contributed by atoms with Crippen molar-refractivity contribution in [1.82, 2.24) is 4.90 Å². The molecule has 0 aromatic carbocycles. The molecule has 17 heavy (non-hydrogen) atoms. The van der Waals surface area contributed by atoms with Gasteiger partial charge in [-0.2, -0.15) is 0 Å². The van der Waals surface area contributed by atoms with E-state index in [9.17, 15) is 18.4 Å². The maximum absolute atomic E-state index is 12.8. The van der Waals surface area contributed by atoms with E-state index in [1.165, 1.54) is 0 Å². The van der Waals surface area contributed by atoms with E-state index in [0.29, 0.717) is 6.54 Å². The Kier molecular flexibility index (Phi) is 7.36. The molecule has 2 N–H and O–H groups in total. The molecule has 0 unspecified atom stereocenters. The van der Waals surface area contributed by atoms with Gasteiger partial charge in [0.25, 0.3) is 18.3 Å². The minimum atomic E-state index is -2.81. The molecule has 5 nitrogen and oxygen atoms in total. The van der Waals surface area contributed by atoms with Crippen LogP contribution in [0, 0.1) is 0 Å². The fraction of sp³-hybridized carbons (Fsp3) is 0.800. The van der Waals surface area contributed by atoms with Crippen molar-refractivity contribution in [3.05, 3.63) is 0 Å². The Hall–Kier alpha value is -1.24. The van der Waals surface area contributed by atoms with Crippen LogP contribution >= 0.6 is 0 Å². The number of hydrogen-bond acceptors (Lipinski definition) is 4. The molecule has 1 saturated heterocycles. The van der Waals surface area contributed by atoms with Gasteiger partial charge in [-0.25, -0.2) is 8.78 Å². The largest absolute Gasteiger partial charge is 0.458 e. The number of piperidine rings is 1. The highest BCUT2D eigenvalue weighted by Gasteiger charge is 2.36. The standard InChI is InChI=1S/C8H11F2NO3.C2H7N/c9-8(10)2-1-3-11(5-8)7(13)4-14-6-12;1-2-3/h6H,1-5H2;2-3H2,1H3. The Morgan fingerprint density at radius 2 is 2.18 bits per heavy atom. The molecule has 1 fully saturated rings. The summed E-state index contributed by atoms with van der Waals surface area (Å²) >= 11 is 0. The summed E-state index contributed by atoms with van der Waals surface area (Å²) in [5.41, 5.74) is 4.85. The molecule has 1 heterocycles. The van der Waals surface area contributed by atoms with Gasteiger partial charge in [0.1, 0.15) is 0 Å². The third kappa shape index (κ3) is 6.83. The average molecular weight is 252 g/mol. The molecule has 0 spiro atoms. The lowest BCUT2D eigenvalue weighted by molar-refractivity contribution is -0.150. The lowest BCUT2D eigenvalue weighted by Gasteiger charge is -2.32. The molecule has 100 valence electrons. The normalized spacial score (nSPS) is 17.8. The summed E-state index contributed by atoms with van der Waals surface area (Å²) in [6, 6.07) is 0. The Labute approximate surface area is 98.9 Å². The van der Waals surface area contributed by atoms with E-state index >= 15 is 0 Å². The molecule has 0 atom stereocenters. The van der Waals surface area contributed by atoms with Crippen molar-refractivity contribution in [3.63, 3.8) is 0 Å². The van der Waals surface area contributed by atoms with E-state index in [2.05, 4.69) is 4.74 Å². The van der Waals surface area contributed by atoms with Gasteiger partial charge in [0.2, 0.25) is 0 Å². The molecular formula is C10H18F2N2O3. The highest BCUT2D eigenvalue weighted by atomic mass is 19.3. The van der Waals surface area contributed by atoms with E-state index in [-0.39, 0.29) is 19.3 Å². The minimum absolute atomic E-state index is 0.125. The molecule has 1 aliphatic rings. The van der Waals surface area contributed by atoms with Crippen LogP contribution in [0.25, 0.3) is 0 Å². The number of alkyl halides is 2. The second kappa shape index (κ2) is 7.94. The van der Waals surface area contributed by atoms with Crippen molar-refractivity contribution < 1.29 is 23.1 Å². The molecule has 0 bridgehead atoms. The number of amides is 1. The minimum Gasteiger partial charge on any atom is -0.458 e. The maximum Gasteiger partial charge on any atom is 0.293 e. The van der Waals surface area contributed by atoms with Crippen molar-refractivity contribution in [2.24, 2.45) is 5.73 Å². The van der Waals surface area contributed by atoms with Crippen molar-refractivity contribution in [2.75, 3.05) is 26.2 Å². The number of nitrogens with zero attached hydrogens (tertiary/aromatic N) is 1. The van der Waals surface area contributed by atoms with Crippen molar-refractivity contribution in [1.29, 1.82) is 0 Å². The van der Waals surface area contributed by atoms with Gasteiger partial charge in [-0.3, -0.25) is 9.59 Å². The molecule has 0 aromatic heterocycles. The predicted octanol–water partition coefficient (Wildman–Crippen LogP) is 0.382. The Morgan fingerprint density at radius 1 is 1.59 bits per heavy atom. The SMILES string of the molecule is CCN.O=COCC(=O)N1CCCC(F)(F)C1. The van der Waals surface area contributed by atoms with Crippen LogP contribution in [0.4, 0.5) is 8.78 Å². The zero-order chi connectivity index (χ0) is 13.3. The first kappa shape index (κ1) is 15.8. The molecule has 0 saturated carbocycles. The van der Waals surface area contributed by atoms with Gasteiger partial charge in [-0.05, 0) is 13.0 Å². The van der Waals surface area contributed by atoms with Gasteiger partial charge in [0.15, 0.2) is 6.61 Å². The smallest absolute Gasteiger partial charge is 0.293 e. The van der Waals surface area contributed by atoms with Gasteiger partial charge in [-0.1, -0.05) is 6.92 Å². The van der Waals surface area contributed by atoms with E-state index in [1.807, 2.05) is 6.92 Å². The number of rotatable bonds is 3. The highest BCUT2D eigenvalue weighted by molar-refractivity contribution is 5.78. The maximum atomic E-state index is 12.8. The number of hydrogen-bond donors (Lipinski definition) is 1. The summed E-state index contributed by atoms with van der Waals surface area (Å²) in [7, 11) is 0. The van der Waals surface area contributed by atoms with Crippen LogP contribution in [0.15, 0.2) is 0 Å². The summed E-state index contributed by atoms with van der Waals surface area (Å²) in [5, 5.41) is 0. The summed E-state index contributed by atoms with van der Waals surface area (Å²) in [6.07, 6.45) is 0.0884. The van der Waals surface area contributed by atoms with Crippen molar-refractivity contribution in [2.45, 2.75) is 25.7 Å². The first-order valence-electron chi connectivity index (χ1n) is 5.37. The monoisotopic (exact) mass is 252 g/mol. The van der Waals surface area contributed by atoms with Gasteiger partial charge in [0, 0.05) is 13.0 Å². The van der Waals surface area contributed by atoms with E-state index in [1.54, 1.807) is 0 Å². The number of nitrogens with two attached hydrogens (primary N) is 1. The second-order valence-electron chi connectivity index (χ2n) is 3.59. The molecule has 1 rings (SSSR count). The van der Waals surface area contributed by atoms with Crippen LogP contribution in [0.3, 0.4) is 0 Å². The molecular weight excluding hydrogens is 234 g/mol. The highest BCUT2D eigenvalue weighted by Crippen LogP contribution is 2.26. The predicted molar refractivity (Wildman–Crippen MR) is 57.5 cm³/mol. The van der Waals surface area contributed by atoms with Gasteiger partial charge >= 0.3 is 0 Å². The third-order valence-electron chi connectivity index (χ3n) is 2.02. The molecule has 1 amide bonds. The summed E-state index contributed by atoms with van der Waals surface area (Å²) in [5.74, 6) is -3.38. The fourth-order valence-electron chi connectivity index (χ4n) is 1.38. The van der Waals surface area contributed by atoms with Crippen molar-refractivity contribution in [3.8, 4) is 0 Å². The van der Waals surface area contributed by atoms with Crippen LogP contribution in [-0.2, 0) is 14.3 Å². The fourth-order valence-corrected chi connectivity index (χ4v) is 1.38. The van der Waals surface area contributed by atoms with Gasteiger partial charge in [0.05, 0.1) is 6.54 Å². The first-order valence-corrected chi connectivity index (χ1v) is 5.37. The van der Waals surface area contributed by atoms with Crippen LogP contribution in [0.5, 0.6) is 0 Å².